The fourth-order valence-corrected chi connectivity index (χ4v) is 3.76. The number of benzene rings is 2. The number of phenolic OH excluding ortho intramolecular Hbond substituents is 1. The van der Waals surface area contributed by atoms with E-state index in [0.717, 1.165) is 17.7 Å². The molecular formula is C22H24N4O4. The number of aliphatic hydroxyl groups is 1. The molecule has 2 aromatic carbocycles. The summed E-state index contributed by atoms with van der Waals surface area (Å²) in [6.07, 6.45) is 2.93. The molecule has 4 N–H and O–H groups in total. The first-order chi connectivity index (χ1) is 14.5. The molecule has 0 amide bonds. The third kappa shape index (κ3) is 3.79. The van der Waals surface area contributed by atoms with Crippen LogP contribution in [0.3, 0.4) is 0 Å². The van der Waals surface area contributed by atoms with Crippen molar-refractivity contribution in [2.24, 2.45) is 0 Å². The minimum atomic E-state index is -0.881. The zero-order valence-electron chi connectivity index (χ0n) is 16.7. The maximum Gasteiger partial charge on any atom is 0.181 e. The molecule has 30 heavy (non-hydrogen) atoms. The lowest BCUT2D eigenvalue weighted by Gasteiger charge is -2.27. The molecule has 1 atom stereocenters. The van der Waals surface area contributed by atoms with Gasteiger partial charge < -0.3 is 25.6 Å². The number of ketones is 1. The molecule has 2 heterocycles. The molecule has 4 rings (SSSR count). The highest BCUT2D eigenvalue weighted by Gasteiger charge is 2.41. The van der Waals surface area contributed by atoms with Gasteiger partial charge in [0.05, 0.1) is 10.9 Å². The molecule has 1 aliphatic rings. The van der Waals surface area contributed by atoms with E-state index < -0.39 is 12.1 Å². The second-order valence-corrected chi connectivity index (χ2v) is 7.48. The number of hydrogen-bond donors (Lipinski definition) is 4. The van der Waals surface area contributed by atoms with Gasteiger partial charge in [-0.3, -0.25) is 4.79 Å². The average molecular weight is 408 g/mol. The molecule has 0 radical (unpaired) electrons. The van der Waals surface area contributed by atoms with Crippen molar-refractivity contribution in [2.45, 2.75) is 25.3 Å². The highest BCUT2D eigenvalue weighted by Crippen LogP contribution is 2.33. The minimum Gasteiger partial charge on any atom is -0.508 e. The number of aryl methyl sites for hydroxylation is 1. The predicted molar refractivity (Wildman–Crippen MR) is 113 cm³/mol. The molecule has 0 aliphatic carbocycles. The largest absolute Gasteiger partial charge is 0.508 e. The van der Waals surface area contributed by atoms with Crippen LogP contribution in [0.15, 0.2) is 42.7 Å². The Kier molecular flexibility index (Phi) is 5.52. The van der Waals surface area contributed by atoms with E-state index in [1.807, 2.05) is 31.2 Å². The zero-order valence-corrected chi connectivity index (χ0v) is 16.7. The van der Waals surface area contributed by atoms with Crippen LogP contribution in [0, 0.1) is 6.92 Å². The number of anilines is 2. The number of fused-ring (bicyclic) bond motifs is 1. The Morgan fingerprint density at radius 2 is 2.17 bits per heavy atom. The van der Waals surface area contributed by atoms with Gasteiger partial charge in [-0.15, -0.1) is 0 Å². The number of ether oxygens (including phenoxy) is 1. The number of aliphatic hydroxyl groups excluding tert-OH is 1. The lowest BCUT2D eigenvalue weighted by molar-refractivity contribution is -0.128. The third-order valence-corrected chi connectivity index (χ3v) is 5.48. The molecule has 1 fully saturated rings. The predicted octanol–water partition coefficient (Wildman–Crippen LogP) is 2.45. The van der Waals surface area contributed by atoms with Crippen LogP contribution < -0.4 is 15.4 Å². The van der Waals surface area contributed by atoms with Crippen LogP contribution in [0.25, 0.3) is 10.9 Å². The maximum absolute atomic E-state index is 12.3. The number of rotatable bonds is 7. The lowest BCUT2D eigenvalue weighted by Crippen LogP contribution is -2.53. The van der Waals surface area contributed by atoms with Crippen LogP contribution in [0.4, 0.5) is 11.5 Å². The van der Waals surface area contributed by atoms with Gasteiger partial charge in [-0.1, -0.05) is 6.07 Å². The Labute approximate surface area is 173 Å². The molecule has 156 valence electrons. The van der Waals surface area contributed by atoms with Crippen LogP contribution >= 0.6 is 0 Å². The summed E-state index contributed by atoms with van der Waals surface area (Å²) in [5, 5.41) is 26.3. The topological polar surface area (TPSA) is 117 Å². The SMILES string of the molecule is Cc1cc(Nc2ncnc3cccc(OC[C@@]4(C(=O)CO)CCCN4)c23)ccc1O. The number of hydrogen-bond acceptors (Lipinski definition) is 8. The second kappa shape index (κ2) is 8.25. The molecule has 1 aliphatic heterocycles. The van der Waals surface area contributed by atoms with Crippen LogP contribution in [0.1, 0.15) is 18.4 Å². The molecule has 0 saturated carbocycles. The van der Waals surface area contributed by atoms with Crippen LogP contribution in [-0.2, 0) is 4.79 Å². The van der Waals surface area contributed by atoms with E-state index in [0.29, 0.717) is 35.4 Å². The van der Waals surface area contributed by atoms with Crippen molar-refractivity contribution >= 4 is 28.2 Å². The van der Waals surface area contributed by atoms with E-state index in [2.05, 4.69) is 20.6 Å². The summed E-state index contributed by atoms with van der Waals surface area (Å²) in [6, 6.07) is 10.7. The maximum atomic E-state index is 12.3. The van der Waals surface area contributed by atoms with E-state index in [9.17, 15) is 15.0 Å². The summed E-state index contributed by atoms with van der Waals surface area (Å²) < 4.78 is 6.10. The van der Waals surface area contributed by atoms with Crippen molar-refractivity contribution in [1.82, 2.24) is 15.3 Å². The molecule has 3 aromatic rings. The summed E-state index contributed by atoms with van der Waals surface area (Å²) in [5.74, 6) is 1.06. The van der Waals surface area contributed by atoms with Crippen molar-refractivity contribution in [1.29, 1.82) is 0 Å². The van der Waals surface area contributed by atoms with E-state index in [1.165, 1.54) is 6.33 Å². The Hall–Kier alpha value is -3.23. The second-order valence-electron chi connectivity index (χ2n) is 7.48. The number of Topliss-reactive ketones (excluding diaryl/α,β-unsaturated/α-hetero) is 1. The smallest absolute Gasteiger partial charge is 0.181 e. The first kappa shape index (κ1) is 20.1. The zero-order chi connectivity index (χ0) is 21.1. The van der Waals surface area contributed by atoms with Crippen molar-refractivity contribution in [2.75, 3.05) is 25.1 Å². The number of phenols is 1. The van der Waals surface area contributed by atoms with Gasteiger partial charge in [-0.2, -0.15) is 0 Å². The number of nitrogens with one attached hydrogen (secondary N) is 2. The number of aromatic nitrogens is 2. The Morgan fingerprint density at radius 3 is 2.90 bits per heavy atom. The summed E-state index contributed by atoms with van der Waals surface area (Å²) in [5.41, 5.74) is 1.33. The Balaban J connectivity index is 1.67. The van der Waals surface area contributed by atoms with E-state index in [1.54, 1.807) is 12.1 Å². The number of carbonyl (C=O) groups is 1. The summed E-state index contributed by atoms with van der Waals surface area (Å²) in [4.78, 5) is 21.0. The van der Waals surface area contributed by atoms with Crippen LogP contribution in [0.5, 0.6) is 11.5 Å². The van der Waals surface area contributed by atoms with Gasteiger partial charge in [-0.25, -0.2) is 9.97 Å². The van der Waals surface area contributed by atoms with E-state index >= 15 is 0 Å². The normalized spacial score (nSPS) is 18.5. The van der Waals surface area contributed by atoms with Gasteiger partial charge in [0.1, 0.15) is 42.4 Å². The van der Waals surface area contributed by atoms with Gasteiger partial charge in [0.25, 0.3) is 0 Å². The van der Waals surface area contributed by atoms with Gasteiger partial charge in [0, 0.05) is 5.69 Å². The molecule has 0 bridgehead atoms. The van der Waals surface area contributed by atoms with Gasteiger partial charge >= 0.3 is 0 Å². The highest BCUT2D eigenvalue weighted by atomic mass is 16.5. The van der Waals surface area contributed by atoms with Gasteiger partial charge in [0.15, 0.2) is 5.78 Å². The summed E-state index contributed by atoms with van der Waals surface area (Å²) in [7, 11) is 0. The fourth-order valence-electron chi connectivity index (χ4n) is 3.76. The Morgan fingerprint density at radius 1 is 1.30 bits per heavy atom. The monoisotopic (exact) mass is 408 g/mol. The van der Waals surface area contributed by atoms with Gasteiger partial charge in [0.2, 0.25) is 0 Å². The molecule has 8 nitrogen and oxygen atoms in total. The minimum absolute atomic E-state index is 0.109. The van der Waals surface area contributed by atoms with Crippen LogP contribution in [0.2, 0.25) is 0 Å². The van der Waals surface area contributed by atoms with Crippen molar-refractivity contribution in [3.8, 4) is 11.5 Å². The van der Waals surface area contributed by atoms with Crippen molar-refractivity contribution in [3.05, 3.63) is 48.3 Å². The molecule has 1 saturated heterocycles. The summed E-state index contributed by atoms with van der Waals surface area (Å²) >= 11 is 0. The molecule has 1 aromatic heterocycles. The average Bonchev–Trinajstić information content (AvgIpc) is 3.24. The van der Waals surface area contributed by atoms with E-state index in [-0.39, 0.29) is 18.1 Å². The first-order valence-corrected chi connectivity index (χ1v) is 9.85. The quantitative estimate of drug-likeness (QED) is 0.441. The number of aromatic hydroxyl groups is 1. The lowest BCUT2D eigenvalue weighted by atomic mass is 9.93. The number of carbonyl (C=O) groups excluding carboxylic acids is 1. The standard InChI is InChI=1S/C22H24N4O4/c1-14-10-15(6-7-17(14)28)26-21-20-16(23-13-24-21)4-2-5-18(20)30-12-22(19(29)11-27)8-3-9-25-22/h2,4-7,10,13,25,27-28H,3,8-9,11-12H2,1H3,(H,23,24,26)/t22-/m1/s1. The molecule has 0 spiro atoms. The van der Waals surface area contributed by atoms with Crippen molar-refractivity contribution in [3.63, 3.8) is 0 Å². The van der Waals surface area contributed by atoms with Gasteiger partial charge in [-0.05, 0) is 62.2 Å². The third-order valence-electron chi connectivity index (χ3n) is 5.48. The summed E-state index contributed by atoms with van der Waals surface area (Å²) in [6.45, 7) is 2.11. The Bertz CT molecular complexity index is 1070. The highest BCUT2D eigenvalue weighted by molar-refractivity contribution is 5.96. The van der Waals surface area contributed by atoms with Crippen molar-refractivity contribution < 1.29 is 19.7 Å². The van der Waals surface area contributed by atoms with Crippen LogP contribution in [-0.4, -0.2) is 51.3 Å². The molecule has 0 unspecified atom stereocenters. The molecular weight excluding hydrogens is 384 g/mol. The van der Waals surface area contributed by atoms with E-state index in [4.69, 9.17) is 4.74 Å². The fraction of sp³-hybridized carbons (Fsp3) is 0.318. The first-order valence-electron chi connectivity index (χ1n) is 9.85. The molecule has 8 heteroatoms. The number of nitrogens with zero attached hydrogens (tertiary/aromatic N) is 2.